The van der Waals surface area contributed by atoms with Gasteiger partial charge in [-0.15, -0.1) is 0 Å². The minimum atomic E-state index is -0.700. The van der Waals surface area contributed by atoms with Crippen LogP contribution in [0.3, 0.4) is 0 Å². The lowest BCUT2D eigenvalue weighted by Crippen LogP contribution is -2.40. The third-order valence-corrected chi connectivity index (χ3v) is 3.35. The van der Waals surface area contributed by atoms with Crippen LogP contribution in [0.15, 0.2) is 0 Å². The molecule has 0 aromatic carbocycles. The molecule has 0 aromatic heterocycles. The first kappa shape index (κ1) is 15.4. The van der Waals surface area contributed by atoms with Crippen molar-refractivity contribution in [1.29, 1.82) is 0 Å². The van der Waals surface area contributed by atoms with Crippen molar-refractivity contribution in [3.8, 4) is 0 Å². The summed E-state index contributed by atoms with van der Waals surface area (Å²) >= 11 is 0. The van der Waals surface area contributed by atoms with Crippen LogP contribution in [0.1, 0.15) is 52.4 Å². The summed E-state index contributed by atoms with van der Waals surface area (Å²) in [6.45, 7) is 4.85. The summed E-state index contributed by atoms with van der Waals surface area (Å²) < 4.78 is 0. The molecule has 2 N–H and O–H groups in total. The van der Waals surface area contributed by atoms with Crippen molar-refractivity contribution in [2.45, 2.75) is 64.0 Å². The van der Waals surface area contributed by atoms with Gasteiger partial charge in [-0.3, -0.25) is 4.79 Å². The van der Waals surface area contributed by atoms with E-state index in [0.29, 0.717) is 25.6 Å². The zero-order valence-electron chi connectivity index (χ0n) is 12.0. The molecular formula is C14H28N2O2. The number of amides is 1. The summed E-state index contributed by atoms with van der Waals surface area (Å²) in [5, 5.41) is 12.8. The lowest BCUT2D eigenvalue weighted by Gasteiger charge is -2.26. The normalized spacial score (nSPS) is 18.1. The number of hydrogen-bond acceptors (Lipinski definition) is 3. The molecular weight excluding hydrogens is 228 g/mol. The molecule has 1 aliphatic carbocycles. The number of aliphatic hydroxyl groups is 1. The van der Waals surface area contributed by atoms with Crippen molar-refractivity contribution in [3.63, 3.8) is 0 Å². The average Bonchev–Trinajstić information content (AvgIpc) is 2.25. The average molecular weight is 256 g/mol. The van der Waals surface area contributed by atoms with Crippen LogP contribution >= 0.6 is 0 Å². The highest BCUT2D eigenvalue weighted by atomic mass is 16.3. The van der Waals surface area contributed by atoms with Crippen LogP contribution in [0.4, 0.5) is 0 Å². The van der Waals surface area contributed by atoms with E-state index in [9.17, 15) is 9.90 Å². The second kappa shape index (κ2) is 7.10. The molecule has 0 unspecified atom stereocenters. The number of hydrogen-bond donors (Lipinski definition) is 2. The van der Waals surface area contributed by atoms with E-state index in [1.807, 2.05) is 11.9 Å². The van der Waals surface area contributed by atoms with Crippen molar-refractivity contribution in [2.75, 3.05) is 20.1 Å². The summed E-state index contributed by atoms with van der Waals surface area (Å²) in [5.41, 5.74) is -0.700. The molecule has 0 bridgehead atoms. The second-order valence-corrected chi connectivity index (χ2v) is 6.20. The zero-order chi connectivity index (χ0) is 13.6. The maximum atomic E-state index is 11.8. The van der Waals surface area contributed by atoms with Crippen LogP contribution in [-0.4, -0.2) is 47.7 Å². The van der Waals surface area contributed by atoms with Gasteiger partial charge in [-0.05, 0) is 33.7 Å². The Kier molecular flexibility index (Phi) is 6.09. The van der Waals surface area contributed by atoms with E-state index in [-0.39, 0.29) is 5.91 Å². The molecule has 0 aliphatic heterocycles. The Morgan fingerprint density at radius 1 is 1.33 bits per heavy atom. The number of carbonyl (C=O) groups is 1. The molecule has 18 heavy (non-hydrogen) atoms. The summed E-state index contributed by atoms with van der Waals surface area (Å²) in [4.78, 5) is 13.8. The monoisotopic (exact) mass is 256 g/mol. The molecule has 106 valence electrons. The molecule has 4 nitrogen and oxygen atoms in total. The van der Waals surface area contributed by atoms with Gasteiger partial charge in [0.15, 0.2) is 0 Å². The summed E-state index contributed by atoms with van der Waals surface area (Å²) in [5.74, 6) is 0.143. The predicted octanol–water partition coefficient (Wildman–Crippen LogP) is 1.53. The maximum absolute atomic E-state index is 11.8. The first-order chi connectivity index (χ1) is 8.37. The van der Waals surface area contributed by atoms with Crippen LogP contribution in [0.5, 0.6) is 0 Å². The predicted molar refractivity (Wildman–Crippen MR) is 73.4 cm³/mol. The van der Waals surface area contributed by atoms with E-state index >= 15 is 0 Å². The van der Waals surface area contributed by atoms with Gasteiger partial charge >= 0.3 is 0 Å². The molecule has 0 radical (unpaired) electrons. The fraction of sp³-hybridized carbons (Fsp3) is 0.929. The lowest BCUT2D eigenvalue weighted by molar-refractivity contribution is -0.122. The largest absolute Gasteiger partial charge is 0.389 e. The van der Waals surface area contributed by atoms with Gasteiger partial charge in [0.05, 0.1) is 5.60 Å². The molecule has 1 fully saturated rings. The van der Waals surface area contributed by atoms with Gasteiger partial charge in [0.25, 0.3) is 0 Å². The Morgan fingerprint density at radius 3 is 2.50 bits per heavy atom. The van der Waals surface area contributed by atoms with E-state index in [4.69, 9.17) is 0 Å². The highest BCUT2D eigenvalue weighted by Crippen LogP contribution is 2.17. The summed E-state index contributed by atoms with van der Waals surface area (Å²) in [7, 11) is 1.94. The van der Waals surface area contributed by atoms with Crippen molar-refractivity contribution < 1.29 is 9.90 Å². The third-order valence-electron chi connectivity index (χ3n) is 3.35. The minimum absolute atomic E-state index is 0.143. The van der Waals surface area contributed by atoms with Gasteiger partial charge in [-0.1, -0.05) is 19.3 Å². The molecule has 1 aliphatic rings. The van der Waals surface area contributed by atoms with Gasteiger partial charge in [-0.2, -0.15) is 0 Å². The fourth-order valence-electron chi connectivity index (χ4n) is 2.58. The summed E-state index contributed by atoms with van der Waals surface area (Å²) in [6, 6.07) is 0.394. The minimum Gasteiger partial charge on any atom is -0.389 e. The van der Waals surface area contributed by atoms with Crippen LogP contribution in [0, 0.1) is 0 Å². The molecule has 0 spiro atoms. The van der Waals surface area contributed by atoms with Crippen LogP contribution in [-0.2, 0) is 4.79 Å². The Bertz CT molecular complexity index is 255. The van der Waals surface area contributed by atoms with E-state index in [1.54, 1.807) is 13.8 Å². The Morgan fingerprint density at radius 2 is 1.94 bits per heavy atom. The number of likely N-dealkylation sites (N-methyl/N-ethyl adjacent to an activating group) is 1. The number of nitrogens with one attached hydrogen (secondary N) is 1. The third kappa shape index (κ3) is 6.97. The molecule has 1 rings (SSSR count). The highest BCUT2D eigenvalue weighted by Gasteiger charge is 2.18. The van der Waals surface area contributed by atoms with Crippen molar-refractivity contribution >= 4 is 5.91 Å². The van der Waals surface area contributed by atoms with E-state index < -0.39 is 5.60 Å². The molecule has 0 heterocycles. The van der Waals surface area contributed by atoms with Crippen LogP contribution in [0.2, 0.25) is 0 Å². The first-order valence-corrected chi connectivity index (χ1v) is 7.07. The van der Waals surface area contributed by atoms with Gasteiger partial charge in [0.1, 0.15) is 0 Å². The van der Waals surface area contributed by atoms with Crippen molar-refractivity contribution in [1.82, 2.24) is 10.2 Å². The molecule has 0 saturated heterocycles. The molecule has 0 aromatic rings. The van der Waals surface area contributed by atoms with Crippen LogP contribution in [0.25, 0.3) is 0 Å². The second-order valence-electron chi connectivity index (χ2n) is 6.20. The van der Waals surface area contributed by atoms with Gasteiger partial charge in [0, 0.05) is 25.6 Å². The Balaban J connectivity index is 2.16. The van der Waals surface area contributed by atoms with E-state index in [0.717, 1.165) is 12.8 Å². The maximum Gasteiger partial charge on any atom is 0.221 e. The SMILES string of the molecule is CN(CCC(=O)NC1CCCCC1)CC(C)(C)O. The Labute approximate surface area is 111 Å². The van der Waals surface area contributed by atoms with E-state index in [2.05, 4.69) is 5.32 Å². The van der Waals surface area contributed by atoms with Gasteiger partial charge in [0.2, 0.25) is 5.91 Å². The molecule has 1 saturated carbocycles. The highest BCUT2D eigenvalue weighted by molar-refractivity contribution is 5.76. The molecule has 4 heteroatoms. The van der Waals surface area contributed by atoms with Crippen molar-refractivity contribution in [2.24, 2.45) is 0 Å². The van der Waals surface area contributed by atoms with Gasteiger partial charge in [-0.25, -0.2) is 0 Å². The Hall–Kier alpha value is -0.610. The van der Waals surface area contributed by atoms with Crippen LogP contribution < -0.4 is 5.32 Å². The standard InChI is InChI=1S/C14H28N2O2/c1-14(2,18)11-16(3)10-9-13(17)15-12-7-5-4-6-8-12/h12,18H,4-11H2,1-3H3,(H,15,17). The number of rotatable bonds is 6. The number of carbonyl (C=O) groups excluding carboxylic acids is 1. The van der Waals surface area contributed by atoms with Gasteiger partial charge < -0.3 is 15.3 Å². The quantitative estimate of drug-likeness (QED) is 0.758. The smallest absolute Gasteiger partial charge is 0.221 e. The number of nitrogens with zero attached hydrogens (tertiary/aromatic N) is 1. The zero-order valence-corrected chi connectivity index (χ0v) is 12.0. The summed E-state index contributed by atoms with van der Waals surface area (Å²) in [6.07, 6.45) is 6.56. The van der Waals surface area contributed by atoms with Crippen molar-refractivity contribution in [3.05, 3.63) is 0 Å². The molecule has 1 amide bonds. The topological polar surface area (TPSA) is 52.6 Å². The molecule has 0 atom stereocenters. The fourth-order valence-corrected chi connectivity index (χ4v) is 2.58. The van der Waals surface area contributed by atoms with E-state index in [1.165, 1.54) is 19.3 Å². The lowest BCUT2D eigenvalue weighted by atomic mass is 9.95. The first-order valence-electron chi connectivity index (χ1n) is 7.07.